The zero-order valence-corrected chi connectivity index (χ0v) is 10.5. The van der Waals surface area contributed by atoms with E-state index in [9.17, 15) is 18.3 Å². The summed E-state index contributed by atoms with van der Waals surface area (Å²) in [5.74, 6) is 0. The summed E-state index contributed by atoms with van der Waals surface area (Å²) in [5, 5.41) is 9.69. The molecule has 0 spiro atoms. The molecule has 1 unspecified atom stereocenters. The van der Waals surface area contributed by atoms with Gasteiger partial charge in [-0.1, -0.05) is 6.92 Å². The molecule has 1 aromatic rings. The molecule has 0 amide bonds. The number of hydrogen-bond donors (Lipinski definition) is 3. The van der Waals surface area contributed by atoms with E-state index in [1.54, 1.807) is 6.92 Å². The van der Waals surface area contributed by atoms with Gasteiger partial charge < -0.3 is 10.1 Å². The molecule has 6 nitrogen and oxygen atoms in total. The second kappa shape index (κ2) is 4.99. The predicted molar refractivity (Wildman–Crippen MR) is 63.2 cm³/mol. The van der Waals surface area contributed by atoms with Crippen LogP contribution in [0.25, 0.3) is 0 Å². The largest absolute Gasteiger partial charge is 0.389 e. The van der Waals surface area contributed by atoms with Gasteiger partial charge in [0.05, 0.1) is 5.60 Å². The molecule has 0 radical (unpaired) electrons. The van der Waals surface area contributed by atoms with Crippen LogP contribution in [0.15, 0.2) is 28.2 Å². The van der Waals surface area contributed by atoms with Crippen LogP contribution in [-0.2, 0) is 10.0 Å². The molecule has 0 aliphatic rings. The first-order valence-corrected chi connectivity index (χ1v) is 6.66. The minimum absolute atomic E-state index is 0.139. The fourth-order valence-electron chi connectivity index (χ4n) is 1.06. The van der Waals surface area contributed by atoms with Crippen molar-refractivity contribution in [1.29, 1.82) is 0 Å². The molecule has 0 saturated heterocycles. The van der Waals surface area contributed by atoms with Crippen LogP contribution >= 0.6 is 0 Å². The van der Waals surface area contributed by atoms with Gasteiger partial charge >= 0.3 is 0 Å². The average Bonchev–Trinajstić information content (AvgIpc) is 2.27. The predicted octanol–water partition coefficient (Wildman–Crippen LogP) is -0.186. The molecule has 7 heteroatoms. The molecule has 96 valence electrons. The van der Waals surface area contributed by atoms with Crippen LogP contribution in [0.1, 0.15) is 20.3 Å². The zero-order valence-electron chi connectivity index (χ0n) is 9.73. The van der Waals surface area contributed by atoms with Crippen molar-refractivity contribution in [1.82, 2.24) is 9.71 Å². The molecule has 17 heavy (non-hydrogen) atoms. The SMILES string of the molecule is CCC(C)(O)CNS(=O)(=O)c1c[nH]ccc1=O. The Hall–Kier alpha value is -1.18. The molecule has 3 N–H and O–H groups in total. The van der Waals surface area contributed by atoms with E-state index in [2.05, 4.69) is 9.71 Å². The molecule has 1 aromatic heterocycles. The monoisotopic (exact) mass is 260 g/mol. The van der Waals surface area contributed by atoms with Crippen molar-refractivity contribution in [3.8, 4) is 0 Å². The van der Waals surface area contributed by atoms with Gasteiger partial charge in [0.1, 0.15) is 4.90 Å². The van der Waals surface area contributed by atoms with E-state index in [0.29, 0.717) is 6.42 Å². The molecular weight excluding hydrogens is 244 g/mol. The number of nitrogens with one attached hydrogen (secondary N) is 2. The molecule has 1 heterocycles. The van der Waals surface area contributed by atoms with Crippen molar-refractivity contribution in [3.05, 3.63) is 28.7 Å². The van der Waals surface area contributed by atoms with Crippen molar-refractivity contribution < 1.29 is 13.5 Å². The third-order valence-corrected chi connectivity index (χ3v) is 3.90. The minimum atomic E-state index is -3.89. The minimum Gasteiger partial charge on any atom is -0.389 e. The van der Waals surface area contributed by atoms with E-state index in [-0.39, 0.29) is 11.4 Å². The molecule has 0 bridgehead atoms. The molecule has 0 saturated carbocycles. The molecule has 0 fully saturated rings. The molecule has 0 aromatic carbocycles. The van der Waals surface area contributed by atoms with E-state index >= 15 is 0 Å². The lowest BCUT2D eigenvalue weighted by Gasteiger charge is -2.21. The number of rotatable bonds is 5. The highest BCUT2D eigenvalue weighted by molar-refractivity contribution is 7.89. The van der Waals surface area contributed by atoms with Crippen molar-refractivity contribution in [2.24, 2.45) is 0 Å². The van der Waals surface area contributed by atoms with Gasteiger partial charge in [0.25, 0.3) is 0 Å². The lowest BCUT2D eigenvalue weighted by molar-refractivity contribution is 0.0613. The van der Waals surface area contributed by atoms with E-state index < -0.39 is 21.1 Å². The van der Waals surface area contributed by atoms with Crippen LogP contribution in [-0.4, -0.2) is 30.7 Å². The standard InChI is InChI=1S/C10H16N2O4S/c1-3-10(2,14)7-12-17(15,16)9-6-11-5-4-8(9)13/h4-6,12,14H,3,7H2,1-2H3,(H,11,13). The third-order valence-electron chi connectivity index (χ3n) is 2.48. The molecular formula is C10H16N2O4S. The fraction of sp³-hybridized carbons (Fsp3) is 0.500. The zero-order chi connectivity index (χ0) is 13.1. The van der Waals surface area contributed by atoms with Gasteiger partial charge in [0.15, 0.2) is 0 Å². The summed E-state index contributed by atoms with van der Waals surface area (Å²) in [7, 11) is -3.89. The Bertz CT molecular complexity index is 533. The summed E-state index contributed by atoms with van der Waals surface area (Å²) >= 11 is 0. The quantitative estimate of drug-likeness (QED) is 0.683. The second-order valence-corrected chi connectivity index (χ2v) is 5.78. The summed E-state index contributed by atoms with van der Waals surface area (Å²) in [4.78, 5) is 13.5. The van der Waals surface area contributed by atoms with Crippen molar-refractivity contribution in [3.63, 3.8) is 0 Å². The Labute approximate surface area is 99.7 Å². The smallest absolute Gasteiger partial charge is 0.246 e. The highest BCUT2D eigenvalue weighted by Crippen LogP contribution is 2.08. The van der Waals surface area contributed by atoms with Gasteiger partial charge in [-0.2, -0.15) is 0 Å². The number of aromatic nitrogens is 1. The van der Waals surface area contributed by atoms with Gasteiger partial charge in [-0.05, 0) is 13.3 Å². The van der Waals surface area contributed by atoms with Gasteiger partial charge in [-0.3, -0.25) is 4.79 Å². The molecule has 1 atom stereocenters. The Morgan fingerprint density at radius 3 is 2.71 bits per heavy atom. The lowest BCUT2D eigenvalue weighted by Crippen LogP contribution is -2.41. The van der Waals surface area contributed by atoms with Crippen LogP contribution in [0, 0.1) is 0 Å². The lowest BCUT2D eigenvalue weighted by atomic mass is 10.1. The van der Waals surface area contributed by atoms with E-state index in [0.717, 1.165) is 12.3 Å². The van der Waals surface area contributed by atoms with Gasteiger partial charge in [0, 0.05) is 25.0 Å². The van der Waals surface area contributed by atoms with Crippen LogP contribution in [0.2, 0.25) is 0 Å². The van der Waals surface area contributed by atoms with E-state index in [1.165, 1.54) is 13.1 Å². The van der Waals surface area contributed by atoms with Crippen molar-refractivity contribution in [2.45, 2.75) is 30.8 Å². The maximum atomic E-state index is 11.8. The number of H-pyrrole nitrogens is 1. The first-order chi connectivity index (χ1) is 7.78. The average molecular weight is 260 g/mol. The number of aliphatic hydroxyl groups is 1. The summed E-state index contributed by atoms with van der Waals surface area (Å²) < 4.78 is 25.8. The van der Waals surface area contributed by atoms with Gasteiger partial charge in [0.2, 0.25) is 15.5 Å². The molecule has 1 rings (SSSR count). The summed E-state index contributed by atoms with van der Waals surface area (Å²) in [6.07, 6.45) is 2.87. The van der Waals surface area contributed by atoms with Gasteiger partial charge in [-0.25, -0.2) is 13.1 Å². The topological polar surface area (TPSA) is 99.3 Å². The molecule has 0 aliphatic carbocycles. The van der Waals surface area contributed by atoms with Crippen LogP contribution in [0.5, 0.6) is 0 Å². The number of pyridine rings is 1. The Kier molecular flexibility index (Phi) is 4.07. The molecule has 0 aliphatic heterocycles. The van der Waals surface area contributed by atoms with Gasteiger partial charge in [-0.15, -0.1) is 0 Å². The van der Waals surface area contributed by atoms with E-state index in [4.69, 9.17) is 0 Å². The highest BCUT2D eigenvalue weighted by atomic mass is 32.2. The maximum Gasteiger partial charge on any atom is 0.246 e. The summed E-state index contributed by atoms with van der Waals surface area (Å²) in [5.41, 5.74) is -1.72. The Morgan fingerprint density at radius 2 is 2.18 bits per heavy atom. The van der Waals surface area contributed by atoms with E-state index in [1.807, 2.05) is 0 Å². The Balaban J connectivity index is 2.92. The number of hydrogen-bond acceptors (Lipinski definition) is 4. The van der Waals surface area contributed by atoms with Crippen LogP contribution in [0.4, 0.5) is 0 Å². The second-order valence-electron chi connectivity index (χ2n) is 4.05. The Morgan fingerprint density at radius 1 is 1.53 bits per heavy atom. The number of sulfonamides is 1. The highest BCUT2D eigenvalue weighted by Gasteiger charge is 2.23. The van der Waals surface area contributed by atoms with Crippen molar-refractivity contribution in [2.75, 3.05) is 6.54 Å². The summed E-state index contributed by atoms with van der Waals surface area (Å²) in [6.45, 7) is 3.12. The van der Waals surface area contributed by atoms with Crippen LogP contribution < -0.4 is 10.2 Å². The third kappa shape index (κ3) is 3.65. The normalized spacial score (nSPS) is 15.5. The number of aromatic amines is 1. The fourth-order valence-corrected chi connectivity index (χ4v) is 2.28. The first-order valence-electron chi connectivity index (χ1n) is 5.18. The van der Waals surface area contributed by atoms with Crippen LogP contribution in [0.3, 0.4) is 0 Å². The van der Waals surface area contributed by atoms with Crippen molar-refractivity contribution >= 4 is 10.0 Å². The first kappa shape index (κ1) is 13.9. The maximum absolute atomic E-state index is 11.8. The summed E-state index contributed by atoms with van der Waals surface area (Å²) in [6, 6.07) is 1.13.